The predicted octanol–water partition coefficient (Wildman–Crippen LogP) is 2.43. The van der Waals surface area contributed by atoms with Crippen LogP contribution in [0, 0.1) is 11.6 Å². The number of anilines is 1. The van der Waals surface area contributed by atoms with E-state index < -0.39 is 17.4 Å². The Morgan fingerprint density at radius 1 is 1.41 bits per heavy atom. The Morgan fingerprint density at radius 2 is 2.18 bits per heavy atom. The van der Waals surface area contributed by atoms with Crippen molar-refractivity contribution in [3.8, 4) is 0 Å². The van der Waals surface area contributed by atoms with Gasteiger partial charge in [0.05, 0.1) is 17.7 Å². The Hall–Kier alpha value is -1.82. The molecule has 0 aliphatic carbocycles. The molecule has 0 spiro atoms. The van der Waals surface area contributed by atoms with Crippen LogP contribution in [0.2, 0.25) is 0 Å². The highest BCUT2D eigenvalue weighted by atomic mass is 32.1. The number of Topliss-reactive ketones (excluding diaryl/α,β-unsaturated/α-hetero) is 1. The molecule has 17 heavy (non-hydrogen) atoms. The summed E-state index contributed by atoms with van der Waals surface area (Å²) in [7, 11) is 0. The number of rotatable bonds is 3. The topological polar surface area (TPSA) is 56.0 Å². The smallest absolute Gasteiger partial charge is 0.180 e. The molecule has 2 aromatic rings. The third-order valence-corrected chi connectivity index (χ3v) is 2.89. The zero-order valence-electron chi connectivity index (χ0n) is 8.61. The molecule has 0 aliphatic heterocycles. The molecule has 2 N–H and O–H groups in total. The average molecular weight is 254 g/mol. The van der Waals surface area contributed by atoms with Crippen molar-refractivity contribution in [1.29, 1.82) is 0 Å². The fraction of sp³-hybridized carbons (Fsp3) is 0.0909. The summed E-state index contributed by atoms with van der Waals surface area (Å²) in [4.78, 5) is 15.6. The largest absolute Gasteiger partial charge is 0.375 e. The van der Waals surface area contributed by atoms with Crippen molar-refractivity contribution in [3.63, 3.8) is 0 Å². The summed E-state index contributed by atoms with van der Waals surface area (Å²) in [6.45, 7) is 0. The van der Waals surface area contributed by atoms with Gasteiger partial charge >= 0.3 is 0 Å². The number of nitrogens with two attached hydrogens (primary N) is 1. The van der Waals surface area contributed by atoms with Crippen LogP contribution < -0.4 is 5.73 Å². The van der Waals surface area contributed by atoms with E-state index in [2.05, 4.69) is 4.98 Å². The number of hydrogen-bond donors (Lipinski definition) is 1. The summed E-state index contributed by atoms with van der Waals surface area (Å²) >= 11 is 1.20. The molecular weight excluding hydrogens is 246 g/mol. The second kappa shape index (κ2) is 4.58. The van der Waals surface area contributed by atoms with Gasteiger partial charge in [0.2, 0.25) is 0 Å². The number of ketones is 1. The van der Waals surface area contributed by atoms with Gasteiger partial charge in [0.1, 0.15) is 0 Å². The average Bonchev–Trinajstić information content (AvgIpc) is 2.68. The molecule has 0 saturated heterocycles. The molecule has 0 bridgehead atoms. The fourth-order valence-corrected chi connectivity index (χ4v) is 1.95. The summed E-state index contributed by atoms with van der Waals surface area (Å²) in [6.07, 6.45) is -0.0892. The Labute approximate surface area is 99.9 Å². The van der Waals surface area contributed by atoms with Crippen LogP contribution >= 0.6 is 11.3 Å². The molecule has 0 aliphatic rings. The number of benzene rings is 1. The predicted molar refractivity (Wildman–Crippen MR) is 60.9 cm³/mol. The van der Waals surface area contributed by atoms with Crippen LogP contribution in [-0.2, 0) is 6.42 Å². The van der Waals surface area contributed by atoms with Gasteiger partial charge < -0.3 is 5.73 Å². The van der Waals surface area contributed by atoms with Gasteiger partial charge in [0, 0.05) is 5.38 Å². The summed E-state index contributed by atoms with van der Waals surface area (Å²) in [5.74, 6) is -2.68. The van der Waals surface area contributed by atoms with Crippen LogP contribution in [0.15, 0.2) is 23.6 Å². The maximum Gasteiger partial charge on any atom is 0.180 e. The normalized spacial score (nSPS) is 10.5. The highest BCUT2D eigenvalue weighted by molar-refractivity contribution is 7.13. The molecule has 2 rings (SSSR count). The van der Waals surface area contributed by atoms with Crippen LogP contribution in [0.25, 0.3) is 0 Å². The van der Waals surface area contributed by atoms with Crippen LogP contribution in [-0.4, -0.2) is 10.8 Å². The van der Waals surface area contributed by atoms with Crippen molar-refractivity contribution in [2.75, 3.05) is 5.73 Å². The quantitative estimate of drug-likeness (QED) is 0.856. The molecule has 0 unspecified atom stereocenters. The molecule has 0 amide bonds. The Bertz CT molecular complexity index is 568. The third-order valence-electron chi connectivity index (χ3n) is 2.16. The van der Waals surface area contributed by atoms with Gasteiger partial charge in [-0.1, -0.05) is 6.07 Å². The van der Waals surface area contributed by atoms with E-state index in [1.807, 2.05) is 0 Å². The van der Waals surface area contributed by atoms with Gasteiger partial charge in [0.15, 0.2) is 22.5 Å². The van der Waals surface area contributed by atoms with Crippen LogP contribution in [0.1, 0.15) is 16.1 Å². The van der Waals surface area contributed by atoms with E-state index in [0.717, 1.165) is 6.07 Å². The van der Waals surface area contributed by atoms with Crippen molar-refractivity contribution >= 4 is 22.3 Å². The first-order chi connectivity index (χ1) is 8.08. The molecule has 88 valence electrons. The highest BCUT2D eigenvalue weighted by Crippen LogP contribution is 2.16. The van der Waals surface area contributed by atoms with E-state index in [0.29, 0.717) is 10.8 Å². The van der Waals surface area contributed by atoms with Crippen LogP contribution in [0.4, 0.5) is 13.9 Å². The summed E-state index contributed by atoms with van der Waals surface area (Å²) in [5, 5.41) is 1.96. The molecule has 0 radical (unpaired) electrons. The molecule has 0 saturated carbocycles. The van der Waals surface area contributed by atoms with Crippen molar-refractivity contribution in [1.82, 2.24) is 4.98 Å². The molecule has 1 heterocycles. The zero-order valence-corrected chi connectivity index (χ0v) is 9.43. The lowest BCUT2D eigenvalue weighted by Crippen LogP contribution is -2.07. The molecular formula is C11H8F2N2OS. The SMILES string of the molecule is Nc1nc(CC(=O)c2cccc(F)c2F)cs1. The third kappa shape index (κ3) is 2.47. The van der Waals surface area contributed by atoms with E-state index in [9.17, 15) is 13.6 Å². The monoisotopic (exact) mass is 254 g/mol. The first-order valence-electron chi connectivity index (χ1n) is 4.75. The molecule has 6 heteroatoms. The van der Waals surface area contributed by atoms with Crippen LogP contribution in [0.5, 0.6) is 0 Å². The lowest BCUT2D eigenvalue weighted by atomic mass is 10.1. The number of hydrogen-bond acceptors (Lipinski definition) is 4. The minimum atomic E-state index is -1.12. The maximum absolute atomic E-state index is 13.3. The van der Waals surface area contributed by atoms with E-state index in [1.54, 1.807) is 5.38 Å². The van der Waals surface area contributed by atoms with Gasteiger partial charge in [-0.05, 0) is 12.1 Å². The minimum Gasteiger partial charge on any atom is -0.375 e. The number of carbonyl (C=O) groups excluding carboxylic acids is 1. The van der Waals surface area contributed by atoms with E-state index >= 15 is 0 Å². The molecule has 0 atom stereocenters. The van der Waals surface area contributed by atoms with Crippen molar-refractivity contribution in [3.05, 3.63) is 46.5 Å². The summed E-state index contributed by atoms with van der Waals surface area (Å²) in [6, 6.07) is 3.50. The summed E-state index contributed by atoms with van der Waals surface area (Å²) in [5.41, 5.74) is 5.60. The van der Waals surface area contributed by atoms with Gasteiger partial charge in [-0.3, -0.25) is 4.79 Å². The van der Waals surface area contributed by atoms with Gasteiger partial charge in [-0.15, -0.1) is 11.3 Å². The number of nitrogen functional groups attached to an aromatic ring is 1. The molecule has 3 nitrogen and oxygen atoms in total. The lowest BCUT2D eigenvalue weighted by molar-refractivity contribution is 0.0987. The first-order valence-corrected chi connectivity index (χ1v) is 5.63. The molecule has 1 aromatic carbocycles. The highest BCUT2D eigenvalue weighted by Gasteiger charge is 2.16. The zero-order chi connectivity index (χ0) is 12.4. The number of carbonyl (C=O) groups is 1. The maximum atomic E-state index is 13.3. The Morgan fingerprint density at radius 3 is 2.82 bits per heavy atom. The Kier molecular flexibility index (Phi) is 3.14. The molecule has 0 fully saturated rings. The standard InChI is InChI=1S/C11H8F2N2OS/c12-8-3-1-2-7(10(8)13)9(16)4-6-5-17-11(14)15-6/h1-3,5H,4H2,(H2,14,15). The number of nitrogens with zero attached hydrogens (tertiary/aromatic N) is 1. The number of halogens is 2. The van der Waals surface area contributed by atoms with Gasteiger partial charge in [-0.2, -0.15) is 0 Å². The Balaban J connectivity index is 2.23. The van der Waals surface area contributed by atoms with Gasteiger partial charge in [0.25, 0.3) is 0 Å². The van der Waals surface area contributed by atoms with Crippen molar-refractivity contribution < 1.29 is 13.6 Å². The summed E-state index contributed by atoms with van der Waals surface area (Å²) < 4.78 is 26.2. The van der Waals surface area contributed by atoms with E-state index in [4.69, 9.17) is 5.73 Å². The number of thiazole rings is 1. The fourth-order valence-electron chi connectivity index (χ4n) is 1.38. The molecule has 1 aromatic heterocycles. The van der Waals surface area contributed by atoms with E-state index in [-0.39, 0.29) is 12.0 Å². The first kappa shape index (κ1) is 11.7. The van der Waals surface area contributed by atoms with Crippen molar-refractivity contribution in [2.24, 2.45) is 0 Å². The number of aromatic nitrogens is 1. The minimum absolute atomic E-state index is 0.0892. The van der Waals surface area contributed by atoms with E-state index in [1.165, 1.54) is 23.5 Å². The second-order valence-corrected chi connectivity index (χ2v) is 4.27. The lowest BCUT2D eigenvalue weighted by Gasteiger charge is -2.01. The second-order valence-electron chi connectivity index (χ2n) is 3.38. The van der Waals surface area contributed by atoms with Crippen LogP contribution in [0.3, 0.4) is 0 Å². The van der Waals surface area contributed by atoms with Gasteiger partial charge in [-0.25, -0.2) is 13.8 Å². The van der Waals surface area contributed by atoms with Crippen molar-refractivity contribution in [2.45, 2.75) is 6.42 Å².